The second-order valence-corrected chi connectivity index (χ2v) is 4.86. The van der Waals surface area contributed by atoms with Gasteiger partial charge >= 0.3 is 5.97 Å². The average molecular weight is 244 g/mol. The Morgan fingerprint density at radius 1 is 1.65 bits per heavy atom. The van der Waals surface area contributed by atoms with Gasteiger partial charge in [0.1, 0.15) is 5.54 Å². The van der Waals surface area contributed by atoms with E-state index < -0.39 is 11.5 Å². The van der Waals surface area contributed by atoms with Crippen molar-refractivity contribution in [2.75, 3.05) is 34.4 Å². The van der Waals surface area contributed by atoms with E-state index in [1.54, 1.807) is 14.2 Å². The minimum absolute atomic E-state index is 0.357. The molecule has 2 atom stereocenters. The van der Waals surface area contributed by atoms with Crippen LogP contribution < -0.4 is 5.32 Å². The number of aliphatic carboxylic acids is 1. The number of hydrogen-bond donors (Lipinski definition) is 2. The molecule has 0 aromatic carbocycles. The van der Waals surface area contributed by atoms with E-state index in [-0.39, 0.29) is 0 Å². The van der Waals surface area contributed by atoms with Crippen molar-refractivity contribution >= 4 is 5.97 Å². The standard InChI is InChI=1S/C12H24N2O3/c1-13-12(11(15)16)6-5-10(9-12)14(2)7-4-8-17-3/h10,13H,4-9H2,1-3H3,(H,15,16). The van der Waals surface area contributed by atoms with Crippen LogP contribution in [0.5, 0.6) is 0 Å². The molecule has 2 unspecified atom stereocenters. The van der Waals surface area contributed by atoms with Gasteiger partial charge in [-0.3, -0.25) is 4.79 Å². The Morgan fingerprint density at radius 2 is 2.35 bits per heavy atom. The van der Waals surface area contributed by atoms with E-state index in [4.69, 9.17) is 4.74 Å². The first-order chi connectivity index (χ1) is 8.05. The molecule has 0 heterocycles. The van der Waals surface area contributed by atoms with Gasteiger partial charge in [-0.15, -0.1) is 0 Å². The second-order valence-electron chi connectivity index (χ2n) is 4.86. The Bertz CT molecular complexity index is 260. The fourth-order valence-electron chi connectivity index (χ4n) is 2.56. The van der Waals surface area contributed by atoms with Crippen molar-refractivity contribution in [1.82, 2.24) is 10.2 Å². The highest BCUT2D eigenvalue weighted by atomic mass is 16.5. The zero-order chi connectivity index (χ0) is 12.9. The summed E-state index contributed by atoms with van der Waals surface area (Å²) in [4.78, 5) is 13.5. The number of carboxylic acids is 1. The number of methoxy groups -OCH3 is 1. The Hall–Kier alpha value is -0.650. The summed E-state index contributed by atoms with van der Waals surface area (Å²) in [5.41, 5.74) is -0.722. The van der Waals surface area contributed by atoms with Crippen molar-refractivity contribution in [2.45, 2.75) is 37.3 Å². The zero-order valence-corrected chi connectivity index (χ0v) is 11.0. The van der Waals surface area contributed by atoms with Crippen LogP contribution in [-0.4, -0.2) is 61.9 Å². The molecular formula is C12H24N2O3. The molecule has 0 radical (unpaired) electrons. The van der Waals surface area contributed by atoms with Gasteiger partial charge in [0, 0.05) is 26.3 Å². The lowest BCUT2D eigenvalue weighted by molar-refractivity contribution is -0.144. The van der Waals surface area contributed by atoms with E-state index in [1.165, 1.54) is 0 Å². The van der Waals surface area contributed by atoms with Crippen LogP contribution in [0.25, 0.3) is 0 Å². The third-order valence-corrected chi connectivity index (χ3v) is 3.86. The quantitative estimate of drug-likeness (QED) is 0.640. The first kappa shape index (κ1) is 14.4. The molecule has 2 N–H and O–H groups in total. The number of likely N-dealkylation sites (N-methyl/N-ethyl adjacent to an activating group) is 1. The second kappa shape index (κ2) is 6.33. The summed E-state index contributed by atoms with van der Waals surface area (Å²) >= 11 is 0. The molecule has 1 saturated carbocycles. The minimum atomic E-state index is -0.729. The van der Waals surface area contributed by atoms with Crippen molar-refractivity contribution < 1.29 is 14.6 Å². The molecule has 5 nitrogen and oxygen atoms in total. The van der Waals surface area contributed by atoms with Gasteiger partial charge < -0.3 is 20.1 Å². The van der Waals surface area contributed by atoms with Crippen LogP contribution >= 0.6 is 0 Å². The Labute approximate surface area is 103 Å². The van der Waals surface area contributed by atoms with Gasteiger partial charge in [-0.2, -0.15) is 0 Å². The summed E-state index contributed by atoms with van der Waals surface area (Å²) in [6, 6.07) is 0.357. The molecule has 0 spiro atoms. The largest absolute Gasteiger partial charge is 0.480 e. The van der Waals surface area contributed by atoms with Gasteiger partial charge in [0.15, 0.2) is 0 Å². The number of ether oxygens (including phenoxy) is 1. The fraction of sp³-hybridized carbons (Fsp3) is 0.917. The van der Waals surface area contributed by atoms with E-state index in [2.05, 4.69) is 17.3 Å². The average Bonchev–Trinajstić information content (AvgIpc) is 2.75. The fourth-order valence-corrected chi connectivity index (χ4v) is 2.56. The smallest absolute Gasteiger partial charge is 0.323 e. The van der Waals surface area contributed by atoms with Crippen molar-refractivity contribution in [1.29, 1.82) is 0 Å². The van der Waals surface area contributed by atoms with Crippen LogP contribution in [0.15, 0.2) is 0 Å². The number of carbonyl (C=O) groups is 1. The molecule has 0 aliphatic heterocycles. The summed E-state index contributed by atoms with van der Waals surface area (Å²) in [5.74, 6) is -0.729. The minimum Gasteiger partial charge on any atom is -0.480 e. The molecule has 1 aliphatic carbocycles. The molecule has 5 heteroatoms. The highest BCUT2D eigenvalue weighted by Crippen LogP contribution is 2.32. The number of rotatable bonds is 7. The van der Waals surface area contributed by atoms with Gasteiger partial charge in [0.25, 0.3) is 0 Å². The van der Waals surface area contributed by atoms with Crippen LogP contribution in [0.4, 0.5) is 0 Å². The van der Waals surface area contributed by atoms with Crippen molar-refractivity contribution in [3.8, 4) is 0 Å². The van der Waals surface area contributed by atoms with Gasteiger partial charge in [-0.25, -0.2) is 0 Å². The Kier molecular flexibility index (Phi) is 5.36. The number of carboxylic acid groups (broad SMARTS) is 1. The third kappa shape index (κ3) is 3.40. The van der Waals surface area contributed by atoms with Crippen LogP contribution in [-0.2, 0) is 9.53 Å². The van der Waals surface area contributed by atoms with Crippen LogP contribution in [0.2, 0.25) is 0 Å². The molecule has 0 aromatic heterocycles. The zero-order valence-electron chi connectivity index (χ0n) is 11.0. The summed E-state index contributed by atoms with van der Waals surface area (Å²) in [6.45, 7) is 1.71. The third-order valence-electron chi connectivity index (χ3n) is 3.86. The number of nitrogens with zero attached hydrogens (tertiary/aromatic N) is 1. The maximum Gasteiger partial charge on any atom is 0.323 e. The number of nitrogens with one attached hydrogen (secondary N) is 1. The van der Waals surface area contributed by atoms with E-state index in [1.807, 2.05) is 0 Å². The number of hydrogen-bond acceptors (Lipinski definition) is 4. The lowest BCUT2D eigenvalue weighted by Gasteiger charge is -2.27. The molecule has 0 bridgehead atoms. The van der Waals surface area contributed by atoms with Crippen LogP contribution in [0, 0.1) is 0 Å². The lowest BCUT2D eigenvalue weighted by atomic mass is 9.98. The molecule has 0 amide bonds. The first-order valence-electron chi connectivity index (χ1n) is 6.17. The van der Waals surface area contributed by atoms with Gasteiger partial charge in [-0.1, -0.05) is 0 Å². The van der Waals surface area contributed by atoms with Gasteiger partial charge in [0.05, 0.1) is 0 Å². The Morgan fingerprint density at radius 3 is 2.82 bits per heavy atom. The van der Waals surface area contributed by atoms with Crippen molar-refractivity contribution in [3.63, 3.8) is 0 Å². The first-order valence-corrected chi connectivity index (χ1v) is 6.17. The molecule has 0 aromatic rings. The van der Waals surface area contributed by atoms with Gasteiger partial charge in [0.2, 0.25) is 0 Å². The molecule has 1 aliphatic rings. The van der Waals surface area contributed by atoms with Crippen LogP contribution in [0.1, 0.15) is 25.7 Å². The molecule has 0 saturated heterocycles. The molecule has 100 valence electrons. The normalized spacial score (nSPS) is 28.8. The highest BCUT2D eigenvalue weighted by molar-refractivity contribution is 5.79. The van der Waals surface area contributed by atoms with E-state index in [9.17, 15) is 9.90 Å². The molecular weight excluding hydrogens is 220 g/mol. The van der Waals surface area contributed by atoms with Crippen molar-refractivity contribution in [3.05, 3.63) is 0 Å². The predicted octanol–water partition coefficient (Wildman–Crippen LogP) is 0.550. The Balaban J connectivity index is 2.45. The van der Waals surface area contributed by atoms with E-state index >= 15 is 0 Å². The van der Waals surface area contributed by atoms with E-state index in [0.717, 1.165) is 26.0 Å². The summed E-state index contributed by atoms with van der Waals surface area (Å²) < 4.78 is 5.02. The predicted molar refractivity (Wildman–Crippen MR) is 66.2 cm³/mol. The topological polar surface area (TPSA) is 61.8 Å². The van der Waals surface area contributed by atoms with Crippen LogP contribution in [0.3, 0.4) is 0 Å². The summed E-state index contributed by atoms with van der Waals surface area (Å²) in [5, 5.41) is 12.3. The summed E-state index contributed by atoms with van der Waals surface area (Å²) in [7, 11) is 5.50. The SMILES string of the molecule is CNC1(C(=O)O)CCC(N(C)CCCOC)C1. The van der Waals surface area contributed by atoms with E-state index in [0.29, 0.717) is 18.9 Å². The van der Waals surface area contributed by atoms with Gasteiger partial charge in [-0.05, 0) is 39.8 Å². The lowest BCUT2D eigenvalue weighted by Crippen LogP contribution is -2.49. The summed E-state index contributed by atoms with van der Waals surface area (Å²) in [6.07, 6.45) is 3.32. The maximum atomic E-state index is 11.3. The van der Waals surface area contributed by atoms with Crippen molar-refractivity contribution in [2.24, 2.45) is 0 Å². The molecule has 1 rings (SSSR count). The maximum absolute atomic E-state index is 11.3. The highest BCUT2D eigenvalue weighted by Gasteiger charge is 2.45. The monoisotopic (exact) mass is 244 g/mol. The molecule has 17 heavy (non-hydrogen) atoms. The molecule has 1 fully saturated rings.